The van der Waals surface area contributed by atoms with Crippen LogP contribution in [0.4, 0.5) is 5.69 Å². The van der Waals surface area contributed by atoms with Gasteiger partial charge in [0.1, 0.15) is 0 Å². The van der Waals surface area contributed by atoms with Crippen molar-refractivity contribution in [2.45, 2.75) is 6.92 Å². The minimum absolute atomic E-state index is 0.261. The van der Waals surface area contributed by atoms with Crippen LogP contribution in [0.5, 0.6) is 11.5 Å². The summed E-state index contributed by atoms with van der Waals surface area (Å²) in [6, 6.07) is 11.5. The molecule has 2 aromatic rings. The molecule has 24 heavy (non-hydrogen) atoms. The average Bonchev–Trinajstić information content (AvgIpc) is 2.61. The maximum absolute atomic E-state index is 12.5. The summed E-state index contributed by atoms with van der Waals surface area (Å²) in [6.45, 7) is 1.99. The van der Waals surface area contributed by atoms with E-state index in [9.17, 15) is 9.59 Å². The van der Waals surface area contributed by atoms with Gasteiger partial charge in [-0.2, -0.15) is 0 Å². The zero-order valence-corrected chi connectivity index (χ0v) is 13.8. The first-order chi connectivity index (χ1) is 11.6. The Balaban J connectivity index is 2.26. The Labute approximate surface area is 140 Å². The summed E-state index contributed by atoms with van der Waals surface area (Å²) in [6.07, 6.45) is 0. The smallest absolute Gasteiger partial charge is 0.340 e. The van der Waals surface area contributed by atoms with Crippen LogP contribution in [0.25, 0.3) is 0 Å². The fourth-order valence-electron chi connectivity index (χ4n) is 2.15. The number of para-hydroxylation sites is 1. The van der Waals surface area contributed by atoms with Crippen molar-refractivity contribution in [1.82, 2.24) is 0 Å². The van der Waals surface area contributed by atoms with Crippen LogP contribution in [0.3, 0.4) is 0 Å². The van der Waals surface area contributed by atoms with E-state index in [1.165, 1.54) is 14.2 Å². The Hall–Kier alpha value is -3.02. The van der Waals surface area contributed by atoms with Crippen LogP contribution in [-0.2, 0) is 4.74 Å². The van der Waals surface area contributed by atoms with Gasteiger partial charge in [0, 0.05) is 5.56 Å². The second-order valence-corrected chi connectivity index (χ2v) is 4.79. The summed E-state index contributed by atoms with van der Waals surface area (Å²) < 4.78 is 15.3. The predicted molar refractivity (Wildman–Crippen MR) is 89.9 cm³/mol. The van der Waals surface area contributed by atoms with Crippen molar-refractivity contribution in [3.8, 4) is 11.5 Å². The molecule has 0 saturated heterocycles. The lowest BCUT2D eigenvalue weighted by Crippen LogP contribution is -2.16. The molecule has 6 nitrogen and oxygen atoms in total. The summed E-state index contributed by atoms with van der Waals surface area (Å²) in [4.78, 5) is 24.4. The molecule has 2 aromatic carbocycles. The summed E-state index contributed by atoms with van der Waals surface area (Å²) in [7, 11) is 3.02. The molecule has 0 aromatic heterocycles. The van der Waals surface area contributed by atoms with E-state index in [1.54, 1.807) is 49.4 Å². The van der Waals surface area contributed by atoms with Crippen LogP contribution in [0.15, 0.2) is 42.5 Å². The van der Waals surface area contributed by atoms with Crippen LogP contribution in [0.1, 0.15) is 27.6 Å². The number of hydrogen-bond acceptors (Lipinski definition) is 5. The van der Waals surface area contributed by atoms with Gasteiger partial charge in [-0.25, -0.2) is 4.79 Å². The average molecular weight is 329 g/mol. The van der Waals surface area contributed by atoms with Crippen LogP contribution in [0.2, 0.25) is 0 Å². The molecule has 0 aliphatic rings. The van der Waals surface area contributed by atoms with Gasteiger partial charge in [-0.15, -0.1) is 0 Å². The van der Waals surface area contributed by atoms with E-state index >= 15 is 0 Å². The molecule has 0 unspecified atom stereocenters. The number of carbonyl (C=O) groups excluding carboxylic acids is 2. The maximum atomic E-state index is 12.5. The summed E-state index contributed by atoms with van der Waals surface area (Å²) >= 11 is 0. The van der Waals surface area contributed by atoms with Crippen LogP contribution < -0.4 is 14.8 Å². The van der Waals surface area contributed by atoms with Gasteiger partial charge in [-0.05, 0) is 37.3 Å². The lowest BCUT2D eigenvalue weighted by molar-refractivity contribution is 0.0527. The number of esters is 1. The number of methoxy groups -OCH3 is 2. The molecular formula is C18H19NO5. The predicted octanol–water partition coefficient (Wildman–Crippen LogP) is 3.13. The normalized spacial score (nSPS) is 9.96. The van der Waals surface area contributed by atoms with Crippen molar-refractivity contribution >= 4 is 17.6 Å². The first-order valence-electron chi connectivity index (χ1n) is 7.40. The van der Waals surface area contributed by atoms with Crippen molar-refractivity contribution in [2.75, 3.05) is 26.1 Å². The first-order valence-corrected chi connectivity index (χ1v) is 7.40. The molecule has 0 bridgehead atoms. The second kappa shape index (κ2) is 8.01. The maximum Gasteiger partial charge on any atom is 0.340 e. The monoisotopic (exact) mass is 329 g/mol. The van der Waals surface area contributed by atoms with Crippen molar-refractivity contribution in [3.05, 3.63) is 53.6 Å². The number of ether oxygens (including phenoxy) is 3. The summed E-state index contributed by atoms with van der Waals surface area (Å²) in [5.41, 5.74) is 1.07. The molecule has 6 heteroatoms. The highest BCUT2D eigenvalue weighted by molar-refractivity contribution is 6.08. The highest BCUT2D eigenvalue weighted by Gasteiger charge is 2.16. The van der Waals surface area contributed by atoms with E-state index < -0.39 is 5.97 Å². The van der Waals surface area contributed by atoms with Crippen molar-refractivity contribution < 1.29 is 23.8 Å². The van der Waals surface area contributed by atoms with Gasteiger partial charge in [0.25, 0.3) is 5.91 Å². The van der Waals surface area contributed by atoms with Gasteiger partial charge < -0.3 is 19.5 Å². The number of nitrogens with one attached hydrogen (secondary N) is 1. The third kappa shape index (κ3) is 3.84. The number of anilines is 1. The second-order valence-electron chi connectivity index (χ2n) is 4.79. The molecule has 126 valence electrons. The molecule has 0 aliphatic carbocycles. The van der Waals surface area contributed by atoms with Gasteiger partial charge in [-0.3, -0.25) is 4.79 Å². The van der Waals surface area contributed by atoms with Gasteiger partial charge in [0.2, 0.25) is 0 Å². The molecule has 1 amide bonds. The fourth-order valence-corrected chi connectivity index (χ4v) is 2.15. The van der Waals surface area contributed by atoms with Crippen molar-refractivity contribution in [3.63, 3.8) is 0 Å². The SMILES string of the molecule is CCOC(=O)c1ccccc1NC(=O)c1ccc(OC)c(OC)c1. The molecule has 0 spiro atoms. The van der Waals surface area contributed by atoms with E-state index in [2.05, 4.69) is 5.32 Å². The topological polar surface area (TPSA) is 73.9 Å². The molecule has 1 N–H and O–H groups in total. The lowest BCUT2D eigenvalue weighted by atomic mass is 10.1. The molecule has 0 fully saturated rings. The number of benzene rings is 2. The number of hydrogen-bond donors (Lipinski definition) is 1. The van der Waals surface area contributed by atoms with E-state index in [0.717, 1.165) is 0 Å². The standard InChI is InChI=1S/C18H19NO5/c1-4-24-18(21)13-7-5-6-8-14(13)19-17(20)12-9-10-15(22-2)16(11-12)23-3/h5-11H,4H2,1-3H3,(H,19,20). The molecular weight excluding hydrogens is 310 g/mol. The molecule has 0 atom stereocenters. The Morgan fingerprint density at radius 2 is 1.71 bits per heavy atom. The van der Waals surface area contributed by atoms with Gasteiger partial charge in [-0.1, -0.05) is 12.1 Å². The van der Waals surface area contributed by atoms with Crippen LogP contribution in [0, 0.1) is 0 Å². The third-order valence-electron chi connectivity index (χ3n) is 3.32. The fraction of sp³-hybridized carbons (Fsp3) is 0.222. The zero-order valence-electron chi connectivity index (χ0n) is 13.8. The first kappa shape index (κ1) is 17.3. The molecule has 0 heterocycles. The van der Waals surface area contributed by atoms with Gasteiger partial charge in [0.05, 0.1) is 32.1 Å². The lowest BCUT2D eigenvalue weighted by Gasteiger charge is -2.12. The van der Waals surface area contributed by atoms with Gasteiger partial charge in [0.15, 0.2) is 11.5 Å². The minimum Gasteiger partial charge on any atom is -0.493 e. The van der Waals surface area contributed by atoms with E-state index in [0.29, 0.717) is 28.3 Å². The van der Waals surface area contributed by atoms with Gasteiger partial charge >= 0.3 is 5.97 Å². The van der Waals surface area contributed by atoms with E-state index in [1.807, 2.05) is 0 Å². The Kier molecular flexibility index (Phi) is 5.78. The van der Waals surface area contributed by atoms with Crippen molar-refractivity contribution in [2.24, 2.45) is 0 Å². The number of carbonyl (C=O) groups is 2. The minimum atomic E-state index is -0.485. The molecule has 2 rings (SSSR count). The largest absolute Gasteiger partial charge is 0.493 e. The molecule has 0 aliphatic heterocycles. The Morgan fingerprint density at radius 1 is 1.00 bits per heavy atom. The quantitative estimate of drug-likeness (QED) is 0.824. The zero-order chi connectivity index (χ0) is 17.5. The molecule has 0 saturated carbocycles. The highest BCUT2D eigenvalue weighted by atomic mass is 16.5. The number of amides is 1. The Bertz CT molecular complexity index is 742. The number of rotatable bonds is 6. The van der Waals surface area contributed by atoms with E-state index in [-0.39, 0.29) is 12.5 Å². The summed E-state index contributed by atoms with van der Waals surface area (Å²) in [5.74, 6) is 0.123. The van der Waals surface area contributed by atoms with Crippen LogP contribution in [-0.4, -0.2) is 32.7 Å². The molecule has 0 radical (unpaired) electrons. The third-order valence-corrected chi connectivity index (χ3v) is 3.32. The van der Waals surface area contributed by atoms with Crippen molar-refractivity contribution in [1.29, 1.82) is 0 Å². The van der Waals surface area contributed by atoms with Crippen LogP contribution >= 0.6 is 0 Å². The Morgan fingerprint density at radius 3 is 2.38 bits per heavy atom. The van der Waals surface area contributed by atoms with E-state index in [4.69, 9.17) is 14.2 Å². The highest BCUT2D eigenvalue weighted by Crippen LogP contribution is 2.28. The summed E-state index contributed by atoms with van der Waals surface area (Å²) in [5, 5.41) is 2.72.